The minimum Gasteiger partial charge on any atom is -0.446 e. The van der Waals surface area contributed by atoms with Gasteiger partial charge in [-0.25, -0.2) is 0 Å². The van der Waals surface area contributed by atoms with Gasteiger partial charge < -0.3 is 10.5 Å². The van der Waals surface area contributed by atoms with Crippen LogP contribution in [0.1, 0.15) is 0 Å². The molecule has 10 heavy (non-hydrogen) atoms. The number of anilines is 1. The minimum absolute atomic E-state index is 0.593. The quantitative estimate of drug-likeness (QED) is 0.365. The Morgan fingerprint density at radius 1 is 1.50 bits per heavy atom. The predicted octanol–water partition coefficient (Wildman–Crippen LogP) is 1.25. The standard InChI is InChI=1S/C7H8N2O/c8-5-10-7-3-1-2-6(9)4-7/h1-5,8H,9H2. The van der Waals surface area contributed by atoms with E-state index in [1.54, 1.807) is 24.3 Å². The molecule has 0 saturated heterocycles. The van der Waals surface area contributed by atoms with Gasteiger partial charge in [0.05, 0.1) is 0 Å². The summed E-state index contributed by atoms with van der Waals surface area (Å²) in [6.45, 7) is 0. The number of ether oxygens (including phenoxy) is 1. The van der Waals surface area contributed by atoms with Crippen molar-refractivity contribution in [3.8, 4) is 5.75 Å². The summed E-state index contributed by atoms with van der Waals surface area (Å²) in [6.07, 6.45) is 0.870. The summed E-state index contributed by atoms with van der Waals surface area (Å²) < 4.78 is 4.75. The summed E-state index contributed by atoms with van der Waals surface area (Å²) >= 11 is 0. The third kappa shape index (κ3) is 1.48. The van der Waals surface area contributed by atoms with Crippen molar-refractivity contribution in [2.24, 2.45) is 0 Å². The van der Waals surface area contributed by atoms with Crippen LogP contribution in [0, 0.1) is 5.41 Å². The summed E-state index contributed by atoms with van der Waals surface area (Å²) in [6, 6.07) is 6.93. The first-order valence-corrected chi connectivity index (χ1v) is 2.84. The van der Waals surface area contributed by atoms with Crippen LogP contribution in [0.15, 0.2) is 24.3 Å². The SMILES string of the molecule is N=COc1cccc(N)c1. The van der Waals surface area contributed by atoms with Crippen molar-refractivity contribution in [2.75, 3.05) is 5.73 Å². The average molecular weight is 136 g/mol. The molecular weight excluding hydrogens is 128 g/mol. The summed E-state index contributed by atoms with van der Waals surface area (Å²) in [7, 11) is 0. The molecule has 1 aromatic rings. The second-order valence-electron chi connectivity index (χ2n) is 1.81. The van der Waals surface area contributed by atoms with Gasteiger partial charge in [-0.3, -0.25) is 5.41 Å². The van der Waals surface area contributed by atoms with Gasteiger partial charge in [-0.05, 0) is 12.1 Å². The molecule has 0 bridgehead atoms. The third-order valence-corrected chi connectivity index (χ3v) is 1.05. The Hall–Kier alpha value is -1.51. The highest BCUT2D eigenvalue weighted by Crippen LogP contribution is 2.12. The third-order valence-electron chi connectivity index (χ3n) is 1.05. The van der Waals surface area contributed by atoms with Gasteiger partial charge >= 0.3 is 0 Å². The second-order valence-corrected chi connectivity index (χ2v) is 1.81. The molecule has 52 valence electrons. The first-order chi connectivity index (χ1) is 4.83. The number of rotatable bonds is 2. The molecule has 0 aliphatic rings. The van der Waals surface area contributed by atoms with E-state index in [1.165, 1.54) is 0 Å². The van der Waals surface area contributed by atoms with E-state index in [0.717, 1.165) is 6.40 Å². The van der Waals surface area contributed by atoms with Crippen LogP contribution in [-0.4, -0.2) is 6.40 Å². The van der Waals surface area contributed by atoms with Crippen molar-refractivity contribution in [3.63, 3.8) is 0 Å². The highest BCUT2D eigenvalue weighted by Gasteiger charge is 1.89. The molecule has 0 atom stereocenters. The molecule has 1 rings (SSSR count). The first-order valence-electron chi connectivity index (χ1n) is 2.84. The fraction of sp³-hybridized carbons (Fsp3) is 0. The number of nitrogen functional groups attached to an aromatic ring is 1. The molecule has 3 heteroatoms. The lowest BCUT2D eigenvalue weighted by Gasteiger charge is -1.97. The van der Waals surface area contributed by atoms with E-state index in [1.807, 2.05) is 0 Å². The summed E-state index contributed by atoms with van der Waals surface area (Å²) in [4.78, 5) is 0. The van der Waals surface area contributed by atoms with Gasteiger partial charge in [0, 0.05) is 11.8 Å². The molecule has 0 saturated carbocycles. The van der Waals surface area contributed by atoms with E-state index in [-0.39, 0.29) is 0 Å². The molecule has 0 spiro atoms. The van der Waals surface area contributed by atoms with Crippen LogP contribution in [0.2, 0.25) is 0 Å². The van der Waals surface area contributed by atoms with Crippen LogP contribution in [0.4, 0.5) is 5.69 Å². The van der Waals surface area contributed by atoms with Crippen molar-refractivity contribution in [1.82, 2.24) is 0 Å². The molecule has 3 N–H and O–H groups in total. The molecular formula is C7H8N2O. The van der Waals surface area contributed by atoms with Crippen LogP contribution in [-0.2, 0) is 0 Å². The Balaban J connectivity index is 2.84. The zero-order valence-electron chi connectivity index (χ0n) is 5.37. The van der Waals surface area contributed by atoms with E-state index < -0.39 is 0 Å². The molecule has 1 aromatic carbocycles. The van der Waals surface area contributed by atoms with Crippen LogP contribution < -0.4 is 10.5 Å². The van der Waals surface area contributed by atoms with Crippen molar-refractivity contribution in [1.29, 1.82) is 5.41 Å². The molecule has 0 aromatic heterocycles. The van der Waals surface area contributed by atoms with Gasteiger partial charge in [0.15, 0.2) is 6.40 Å². The lowest BCUT2D eigenvalue weighted by atomic mass is 10.3. The molecule has 0 aliphatic heterocycles. The number of nitrogens with two attached hydrogens (primary N) is 1. The fourth-order valence-electron chi connectivity index (χ4n) is 0.656. The Morgan fingerprint density at radius 2 is 2.30 bits per heavy atom. The molecule has 0 fully saturated rings. The Labute approximate surface area is 58.9 Å². The Bertz CT molecular complexity index is 235. The Morgan fingerprint density at radius 3 is 2.90 bits per heavy atom. The highest BCUT2D eigenvalue weighted by atomic mass is 16.5. The van der Waals surface area contributed by atoms with E-state index in [0.29, 0.717) is 11.4 Å². The van der Waals surface area contributed by atoms with Crippen molar-refractivity contribution in [2.45, 2.75) is 0 Å². The zero-order chi connectivity index (χ0) is 7.40. The molecule has 0 heterocycles. The van der Waals surface area contributed by atoms with Gasteiger partial charge in [-0.15, -0.1) is 0 Å². The number of benzene rings is 1. The summed E-state index contributed by atoms with van der Waals surface area (Å²) in [5.41, 5.74) is 6.07. The second kappa shape index (κ2) is 2.87. The van der Waals surface area contributed by atoms with Crippen LogP contribution in [0.3, 0.4) is 0 Å². The van der Waals surface area contributed by atoms with Gasteiger partial charge in [-0.1, -0.05) is 6.07 Å². The average Bonchev–Trinajstić information content (AvgIpc) is 1.88. The monoisotopic (exact) mass is 136 g/mol. The minimum atomic E-state index is 0.593. The van der Waals surface area contributed by atoms with Gasteiger partial charge in [0.25, 0.3) is 0 Å². The smallest absolute Gasteiger partial charge is 0.173 e. The molecule has 0 aliphatic carbocycles. The summed E-state index contributed by atoms with van der Waals surface area (Å²) in [5.74, 6) is 0.593. The topological polar surface area (TPSA) is 59.1 Å². The maximum absolute atomic E-state index is 6.62. The first kappa shape index (κ1) is 6.61. The maximum Gasteiger partial charge on any atom is 0.173 e. The number of hydrogen-bond donors (Lipinski definition) is 2. The molecule has 0 amide bonds. The van der Waals surface area contributed by atoms with Crippen LogP contribution in [0.25, 0.3) is 0 Å². The van der Waals surface area contributed by atoms with Crippen LogP contribution >= 0.6 is 0 Å². The number of hydrogen-bond acceptors (Lipinski definition) is 3. The van der Waals surface area contributed by atoms with E-state index in [4.69, 9.17) is 15.9 Å². The van der Waals surface area contributed by atoms with E-state index in [2.05, 4.69) is 0 Å². The maximum atomic E-state index is 6.62. The largest absolute Gasteiger partial charge is 0.446 e. The van der Waals surface area contributed by atoms with Crippen molar-refractivity contribution in [3.05, 3.63) is 24.3 Å². The van der Waals surface area contributed by atoms with Gasteiger partial charge in [-0.2, -0.15) is 0 Å². The zero-order valence-corrected chi connectivity index (χ0v) is 5.37. The summed E-state index contributed by atoms with van der Waals surface area (Å²) in [5, 5.41) is 6.62. The lowest BCUT2D eigenvalue weighted by Crippen LogP contribution is -1.89. The van der Waals surface area contributed by atoms with Crippen molar-refractivity contribution < 1.29 is 4.74 Å². The van der Waals surface area contributed by atoms with Gasteiger partial charge in [0.1, 0.15) is 5.75 Å². The normalized spacial score (nSPS) is 8.80. The molecule has 0 radical (unpaired) electrons. The van der Waals surface area contributed by atoms with Crippen LogP contribution in [0.5, 0.6) is 5.75 Å². The molecule has 0 unspecified atom stereocenters. The fourth-order valence-corrected chi connectivity index (χ4v) is 0.656. The lowest BCUT2D eigenvalue weighted by molar-refractivity contribution is 0.570. The Kier molecular flexibility index (Phi) is 1.89. The highest BCUT2D eigenvalue weighted by molar-refractivity contribution is 5.51. The molecule has 3 nitrogen and oxygen atoms in total. The predicted molar refractivity (Wildman–Crippen MR) is 40.3 cm³/mol. The van der Waals surface area contributed by atoms with Gasteiger partial charge in [0.2, 0.25) is 0 Å². The van der Waals surface area contributed by atoms with E-state index in [9.17, 15) is 0 Å². The van der Waals surface area contributed by atoms with Crippen molar-refractivity contribution >= 4 is 12.1 Å². The van der Waals surface area contributed by atoms with E-state index >= 15 is 0 Å². The number of nitrogens with one attached hydrogen (secondary N) is 1.